The predicted molar refractivity (Wildman–Crippen MR) is 72.4 cm³/mol. The molecule has 3 heteroatoms. The highest BCUT2D eigenvalue weighted by atomic mass is 16.5. The summed E-state index contributed by atoms with van der Waals surface area (Å²) in [6.45, 7) is 6.29. The molecule has 0 amide bonds. The summed E-state index contributed by atoms with van der Waals surface area (Å²) in [5.74, 6) is 1.61. The van der Waals surface area contributed by atoms with Gasteiger partial charge in [-0.05, 0) is 44.7 Å². The third-order valence-corrected chi connectivity index (χ3v) is 3.16. The summed E-state index contributed by atoms with van der Waals surface area (Å²) in [5, 5.41) is 3.49. The van der Waals surface area contributed by atoms with Crippen LogP contribution in [0.4, 0.5) is 11.4 Å². The van der Waals surface area contributed by atoms with Gasteiger partial charge in [-0.2, -0.15) is 0 Å². The van der Waals surface area contributed by atoms with Gasteiger partial charge in [-0.1, -0.05) is 13.0 Å². The van der Waals surface area contributed by atoms with E-state index in [0.29, 0.717) is 6.04 Å². The van der Waals surface area contributed by atoms with Crippen molar-refractivity contribution in [3.05, 3.63) is 18.2 Å². The maximum absolute atomic E-state index is 6.11. The molecule has 0 aromatic heterocycles. The molecule has 1 aromatic carbocycles. The second kappa shape index (κ2) is 4.86. The summed E-state index contributed by atoms with van der Waals surface area (Å²) in [4.78, 5) is 0. The normalized spacial score (nSPS) is 23.3. The number of hydrogen-bond acceptors (Lipinski definition) is 3. The van der Waals surface area contributed by atoms with Crippen molar-refractivity contribution >= 4 is 11.4 Å². The van der Waals surface area contributed by atoms with Crippen molar-refractivity contribution in [3.8, 4) is 5.75 Å². The summed E-state index contributed by atoms with van der Waals surface area (Å²) in [7, 11) is 0. The van der Waals surface area contributed by atoms with Crippen molar-refractivity contribution in [2.75, 3.05) is 11.1 Å². The molecule has 0 bridgehead atoms. The highest BCUT2D eigenvalue weighted by Crippen LogP contribution is 2.35. The van der Waals surface area contributed by atoms with Gasteiger partial charge < -0.3 is 15.8 Å². The molecule has 0 radical (unpaired) electrons. The summed E-state index contributed by atoms with van der Waals surface area (Å²) < 4.78 is 5.67. The third-order valence-electron chi connectivity index (χ3n) is 3.16. The Balaban J connectivity index is 2.06. The number of hydrogen-bond donors (Lipinski definition) is 2. The van der Waals surface area contributed by atoms with Gasteiger partial charge in [0.2, 0.25) is 0 Å². The fraction of sp³-hybridized carbons (Fsp3) is 0.571. The average molecular weight is 234 g/mol. The van der Waals surface area contributed by atoms with Gasteiger partial charge in [-0.15, -0.1) is 0 Å². The molecule has 0 saturated heterocycles. The van der Waals surface area contributed by atoms with E-state index in [0.717, 1.165) is 23.0 Å². The first-order valence-electron chi connectivity index (χ1n) is 6.38. The van der Waals surface area contributed by atoms with Crippen molar-refractivity contribution < 1.29 is 4.74 Å². The van der Waals surface area contributed by atoms with Gasteiger partial charge in [-0.3, -0.25) is 0 Å². The van der Waals surface area contributed by atoms with Gasteiger partial charge in [-0.25, -0.2) is 0 Å². The van der Waals surface area contributed by atoms with E-state index >= 15 is 0 Å². The molecule has 0 spiro atoms. The highest BCUT2D eigenvalue weighted by molar-refractivity contribution is 5.73. The fourth-order valence-electron chi connectivity index (χ4n) is 2.27. The molecule has 1 aliphatic rings. The van der Waals surface area contributed by atoms with E-state index in [4.69, 9.17) is 10.5 Å². The first-order valence-corrected chi connectivity index (χ1v) is 6.38. The monoisotopic (exact) mass is 234 g/mol. The van der Waals surface area contributed by atoms with E-state index in [1.807, 2.05) is 32.0 Å². The number of benzene rings is 1. The lowest BCUT2D eigenvalue weighted by Crippen LogP contribution is -2.34. The minimum Gasteiger partial charge on any atom is -0.489 e. The van der Waals surface area contributed by atoms with Crippen molar-refractivity contribution in [3.63, 3.8) is 0 Å². The molecular formula is C14H22N2O. The van der Waals surface area contributed by atoms with Crippen LogP contribution in [0.2, 0.25) is 0 Å². The van der Waals surface area contributed by atoms with Gasteiger partial charge in [0, 0.05) is 6.04 Å². The van der Waals surface area contributed by atoms with Gasteiger partial charge in [0.05, 0.1) is 17.5 Å². The molecule has 0 heterocycles. The maximum atomic E-state index is 6.11. The molecule has 17 heavy (non-hydrogen) atoms. The number of rotatable bonds is 4. The first-order chi connectivity index (χ1) is 8.06. The maximum Gasteiger partial charge on any atom is 0.144 e. The lowest BCUT2D eigenvalue weighted by atomic mass is 9.82. The van der Waals surface area contributed by atoms with Crippen LogP contribution in [0.3, 0.4) is 0 Å². The number of nitrogens with two attached hydrogens (primary N) is 1. The average Bonchev–Trinajstić information content (AvgIpc) is 2.21. The van der Waals surface area contributed by atoms with E-state index in [9.17, 15) is 0 Å². The summed E-state index contributed by atoms with van der Waals surface area (Å²) >= 11 is 0. The van der Waals surface area contributed by atoms with Crippen LogP contribution in [0, 0.1) is 5.92 Å². The van der Waals surface area contributed by atoms with Gasteiger partial charge in [0.1, 0.15) is 5.75 Å². The minimum atomic E-state index is 0.149. The van der Waals surface area contributed by atoms with Crippen molar-refractivity contribution in [2.45, 2.75) is 45.8 Å². The molecule has 1 saturated carbocycles. The molecule has 0 aliphatic heterocycles. The lowest BCUT2D eigenvalue weighted by Gasteiger charge is -2.34. The molecule has 1 aromatic rings. The Kier molecular flexibility index (Phi) is 3.46. The topological polar surface area (TPSA) is 47.3 Å². The third kappa shape index (κ3) is 2.84. The summed E-state index contributed by atoms with van der Waals surface area (Å²) in [5.41, 5.74) is 7.83. The van der Waals surface area contributed by atoms with Gasteiger partial charge >= 0.3 is 0 Å². The standard InChI is InChI=1S/C14H22N2O/c1-9(2)17-13-6-4-5-12(14(13)15)16-11-7-10(3)8-11/h4-6,9-11,16H,7-8,15H2,1-3H3. The Hall–Kier alpha value is -1.38. The van der Waals surface area contributed by atoms with Crippen LogP contribution in [0.1, 0.15) is 33.6 Å². The zero-order valence-electron chi connectivity index (χ0n) is 10.9. The predicted octanol–water partition coefficient (Wildman–Crippen LogP) is 3.27. The Bertz CT molecular complexity index is 384. The molecule has 2 rings (SSSR count). The van der Waals surface area contributed by atoms with Crippen LogP contribution < -0.4 is 15.8 Å². The smallest absolute Gasteiger partial charge is 0.144 e. The molecule has 0 unspecified atom stereocenters. The zero-order chi connectivity index (χ0) is 12.4. The van der Waals surface area contributed by atoms with Crippen LogP contribution in [0.25, 0.3) is 0 Å². The van der Waals surface area contributed by atoms with Crippen molar-refractivity contribution in [1.82, 2.24) is 0 Å². The van der Waals surface area contributed by atoms with Gasteiger partial charge in [0.25, 0.3) is 0 Å². The van der Waals surface area contributed by atoms with Crippen LogP contribution in [0.5, 0.6) is 5.75 Å². The van der Waals surface area contributed by atoms with Crippen LogP contribution in [-0.4, -0.2) is 12.1 Å². The van der Waals surface area contributed by atoms with Crippen LogP contribution >= 0.6 is 0 Å². The quantitative estimate of drug-likeness (QED) is 0.786. The zero-order valence-corrected chi connectivity index (χ0v) is 10.9. The Morgan fingerprint density at radius 2 is 2.06 bits per heavy atom. The van der Waals surface area contributed by atoms with Crippen LogP contribution in [0.15, 0.2) is 18.2 Å². The van der Waals surface area contributed by atoms with E-state index in [1.54, 1.807) is 0 Å². The first kappa shape index (κ1) is 12.1. The summed E-state index contributed by atoms with van der Waals surface area (Å²) in [6.07, 6.45) is 2.61. The number of nitrogen functional groups attached to an aromatic ring is 1. The molecule has 3 nitrogen and oxygen atoms in total. The number of para-hydroxylation sites is 1. The van der Waals surface area contributed by atoms with E-state index in [2.05, 4.69) is 12.2 Å². The molecule has 0 atom stereocenters. The van der Waals surface area contributed by atoms with Crippen LogP contribution in [-0.2, 0) is 0 Å². The van der Waals surface area contributed by atoms with Crippen molar-refractivity contribution in [1.29, 1.82) is 0 Å². The largest absolute Gasteiger partial charge is 0.489 e. The van der Waals surface area contributed by atoms with E-state index < -0.39 is 0 Å². The minimum absolute atomic E-state index is 0.149. The second-order valence-corrected chi connectivity index (χ2v) is 5.30. The number of nitrogens with one attached hydrogen (secondary N) is 1. The number of anilines is 2. The molecule has 1 aliphatic carbocycles. The lowest BCUT2D eigenvalue weighted by molar-refractivity contribution is 0.244. The van der Waals surface area contributed by atoms with Crippen molar-refractivity contribution in [2.24, 2.45) is 5.92 Å². The van der Waals surface area contributed by atoms with Gasteiger partial charge in [0.15, 0.2) is 0 Å². The molecule has 1 fully saturated rings. The summed E-state index contributed by atoms with van der Waals surface area (Å²) in [6, 6.07) is 6.50. The Morgan fingerprint density at radius 1 is 1.35 bits per heavy atom. The molecular weight excluding hydrogens is 212 g/mol. The van der Waals surface area contributed by atoms with E-state index in [-0.39, 0.29) is 6.10 Å². The SMILES string of the molecule is CC1CC(Nc2cccc(OC(C)C)c2N)C1. The number of ether oxygens (including phenoxy) is 1. The highest BCUT2D eigenvalue weighted by Gasteiger charge is 2.25. The fourth-order valence-corrected chi connectivity index (χ4v) is 2.27. The Morgan fingerprint density at radius 3 is 2.65 bits per heavy atom. The molecule has 3 N–H and O–H groups in total. The molecule has 94 valence electrons. The van der Waals surface area contributed by atoms with E-state index in [1.165, 1.54) is 12.8 Å². The Labute approximate surface area is 103 Å². The second-order valence-electron chi connectivity index (χ2n) is 5.30.